The van der Waals surface area contributed by atoms with Crippen LogP contribution in [0, 0.1) is 5.41 Å². The third kappa shape index (κ3) is 3.93. The molecular weight excluding hydrogens is 430 g/mol. The smallest absolute Gasteiger partial charge is 0.202 e. The molecule has 3 rings (SSSR count). The van der Waals surface area contributed by atoms with E-state index in [9.17, 15) is 9.90 Å². The van der Waals surface area contributed by atoms with E-state index in [0.29, 0.717) is 16.5 Å². The molecule has 0 aromatic heterocycles. The average Bonchev–Trinajstić information content (AvgIpc) is 2.55. The lowest BCUT2D eigenvalue weighted by Gasteiger charge is -2.24. The van der Waals surface area contributed by atoms with E-state index in [4.69, 9.17) is 11.1 Å². The van der Waals surface area contributed by atoms with E-state index >= 15 is 0 Å². The van der Waals surface area contributed by atoms with Crippen LogP contribution >= 0.6 is 15.9 Å². The molecule has 0 spiro atoms. The summed E-state index contributed by atoms with van der Waals surface area (Å²) in [4.78, 5) is 12.4. The molecule has 0 heterocycles. The van der Waals surface area contributed by atoms with Gasteiger partial charge in [0.25, 0.3) is 0 Å². The van der Waals surface area contributed by atoms with Crippen LogP contribution in [0.3, 0.4) is 0 Å². The first kappa shape index (κ1) is 21.2. The largest absolute Gasteiger partial charge is 1.00 e. The van der Waals surface area contributed by atoms with Crippen LogP contribution in [0.5, 0.6) is 5.75 Å². The van der Waals surface area contributed by atoms with Crippen molar-refractivity contribution in [2.75, 3.05) is 26.9 Å². The number of carbonyl (C=O) groups is 1. The second-order valence-electron chi connectivity index (χ2n) is 7.32. The highest BCUT2D eigenvalue weighted by molar-refractivity contribution is 9.12. The number of ketones is 1. The Kier molecular flexibility index (Phi) is 5.85. The number of anilines is 1. The SMILES string of the molecule is C[N+](C)(C)c1cccc(Cc2cc(N)c3c(c2O)C(=N)C=C(Br)C3=O)c1.[Cl-]. The minimum atomic E-state index is -0.317. The number of fused-ring (bicyclic) bond motifs is 1. The van der Waals surface area contributed by atoms with E-state index in [2.05, 4.69) is 49.2 Å². The van der Waals surface area contributed by atoms with Crippen LogP contribution in [-0.2, 0) is 6.42 Å². The number of nitrogens with one attached hydrogen (secondary N) is 1. The summed E-state index contributed by atoms with van der Waals surface area (Å²) < 4.78 is 0.953. The lowest BCUT2D eigenvalue weighted by Crippen LogP contribution is -3.00. The molecule has 0 aliphatic heterocycles. The molecule has 0 unspecified atom stereocenters. The van der Waals surface area contributed by atoms with Crippen LogP contribution in [0.2, 0.25) is 0 Å². The van der Waals surface area contributed by atoms with E-state index in [1.165, 1.54) is 6.08 Å². The van der Waals surface area contributed by atoms with E-state index in [-0.39, 0.29) is 50.9 Å². The Morgan fingerprint density at radius 3 is 2.48 bits per heavy atom. The number of nitrogens with zero attached hydrogens (tertiary/aromatic N) is 1. The number of phenols is 1. The molecule has 5 nitrogen and oxygen atoms in total. The maximum atomic E-state index is 12.4. The topological polar surface area (TPSA) is 87.2 Å². The van der Waals surface area contributed by atoms with Crippen molar-refractivity contribution in [3.05, 3.63) is 63.1 Å². The van der Waals surface area contributed by atoms with Gasteiger partial charge >= 0.3 is 0 Å². The van der Waals surface area contributed by atoms with Crippen molar-refractivity contribution < 1.29 is 22.3 Å². The van der Waals surface area contributed by atoms with Crippen LogP contribution in [0.15, 0.2) is 40.9 Å². The summed E-state index contributed by atoms with van der Waals surface area (Å²) in [6, 6.07) is 9.74. The predicted octanol–water partition coefficient (Wildman–Crippen LogP) is 0.609. The fourth-order valence-electron chi connectivity index (χ4n) is 3.08. The highest BCUT2D eigenvalue weighted by Crippen LogP contribution is 2.38. The molecule has 0 bridgehead atoms. The molecular formula is C20H21BrClN3O2. The van der Waals surface area contributed by atoms with Crippen molar-refractivity contribution in [3.8, 4) is 5.75 Å². The number of carbonyl (C=O) groups excluding carboxylic acids is 1. The summed E-state index contributed by atoms with van der Waals surface area (Å²) in [5.74, 6) is -0.373. The normalized spacial score (nSPS) is 13.7. The van der Waals surface area contributed by atoms with E-state index in [0.717, 1.165) is 11.3 Å². The Morgan fingerprint density at radius 2 is 1.85 bits per heavy atom. The first-order chi connectivity index (χ1) is 12.1. The van der Waals surface area contributed by atoms with Gasteiger partial charge in [-0.25, -0.2) is 0 Å². The van der Waals surface area contributed by atoms with Gasteiger partial charge in [0.15, 0.2) is 0 Å². The van der Waals surface area contributed by atoms with Gasteiger partial charge in [-0.1, -0.05) is 12.1 Å². The Balaban J connectivity index is 0.00000261. The molecule has 0 saturated heterocycles. The van der Waals surface area contributed by atoms with Crippen molar-refractivity contribution in [3.63, 3.8) is 0 Å². The number of halogens is 2. The van der Waals surface area contributed by atoms with Gasteiger partial charge in [-0.3, -0.25) is 9.28 Å². The summed E-state index contributed by atoms with van der Waals surface area (Å²) in [6.45, 7) is 0. The van der Waals surface area contributed by atoms with Crippen LogP contribution in [0.1, 0.15) is 27.0 Å². The number of Topliss-reactive ketones (excluding diaryl/α,β-unsaturated/α-hetero) is 1. The van der Waals surface area contributed by atoms with Crippen molar-refractivity contribution >= 4 is 38.8 Å². The fourth-order valence-corrected chi connectivity index (χ4v) is 3.51. The predicted molar refractivity (Wildman–Crippen MR) is 110 cm³/mol. The standard InChI is InChI=1S/C20H20BrN3O2.ClH/c1-24(2,3)13-6-4-5-11(8-13)7-12-9-15(22)18-17(19(12)25)16(23)10-14(21)20(18)26;/h4-6,8-10H,7H2,1-3H3,(H3-,22,23,25,26);1H. The first-order valence-corrected chi connectivity index (χ1v) is 8.95. The van der Waals surface area contributed by atoms with Crippen LogP contribution in [-0.4, -0.2) is 37.7 Å². The lowest BCUT2D eigenvalue weighted by atomic mass is 9.88. The van der Waals surface area contributed by atoms with Crippen LogP contribution < -0.4 is 22.6 Å². The molecule has 0 atom stereocenters. The monoisotopic (exact) mass is 449 g/mol. The highest BCUT2D eigenvalue weighted by Gasteiger charge is 2.29. The summed E-state index contributed by atoms with van der Waals surface area (Å²) in [7, 11) is 6.26. The van der Waals surface area contributed by atoms with E-state index < -0.39 is 0 Å². The zero-order chi connectivity index (χ0) is 19.2. The number of quaternary nitrogens is 1. The minimum absolute atomic E-state index is 0. The van der Waals surface area contributed by atoms with Crippen molar-refractivity contribution in [1.29, 1.82) is 5.41 Å². The number of phenolic OH excluding ortho intramolecular Hbond substituents is 1. The zero-order valence-electron chi connectivity index (χ0n) is 15.3. The summed E-state index contributed by atoms with van der Waals surface area (Å²) in [5.41, 5.74) is 9.60. The van der Waals surface area contributed by atoms with Crippen molar-refractivity contribution in [2.24, 2.45) is 0 Å². The molecule has 4 N–H and O–H groups in total. The molecule has 0 amide bonds. The van der Waals surface area contributed by atoms with Gasteiger partial charge in [0.2, 0.25) is 5.78 Å². The molecule has 2 aromatic carbocycles. The minimum Gasteiger partial charge on any atom is -1.00 e. The molecule has 142 valence electrons. The molecule has 0 saturated carbocycles. The van der Waals surface area contributed by atoms with Gasteiger partial charge in [0, 0.05) is 23.7 Å². The lowest BCUT2D eigenvalue weighted by molar-refractivity contribution is -0.0000139. The maximum Gasteiger partial charge on any atom is 0.202 e. The summed E-state index contributed by atoms with van der Waals surface area (Å²) in [5, 5.41) is 18.9. The summed E-state index contributed by atoms with van der Waals surface area (Å²) >= 11 is 3.15. The molecule has 0 radical (unpaired) electrons. The maximum absolute atomic E-state index is 12.4. The molecule has 2 aromatic rings. The van der Waals surface area contributed by atoms with Gasteiger partial charge in [-0.15, -0.1) is 0 Å². The van der Waals surface area contributed by atoms with Crippen LogP contribution in [0.25, 0.3) is 0 Å². The highest BCUT2D eigenvalue weighted by atomic mass is 79.9. The Hall–Kier alpha value is -2.15. The molecule has 1 aliphatic carbocycles. The number of nitrogen functional groups attached to an aromatic ring is 1. The number of benzene rings is 2. The quantitative estimate of drug-likeness (QED) is 0.364. The summed E-state index contributed by atoms with van der Waals surface area (Å²) in [6.07, 6.45) is 1.86. The molecule has 27 heavy (non-hydrogen) atoms. The third-order valence-corrected chi connectivity index (χ3v) is 5.06. The fraction of sp³-hybridized carbons (Fsp3) is 0.200. The Bertz CT molecular complexity index is 978. The number of allylic oxidation sites excluding steroid dienone is 2. The van der Waals surface area contributed by atoms with Gasteiger partial charge in [-0.05, 0) is 39.7 Å². The van der Waals surface area contributed by atoms with Crippen LogP contribution in [0.4, 0.5) is 11.4 Å². The molecule has 1 aliphatic rings. The molecule has 7 heteroatoms. The number of nitrogens with two attached hydrogens (primary N) is 1. The Labute approximate surface area is 173 Å². The van der Waals surface area contributed by atoms with Crippen molar-refractivity contribution in [2.45, 2.75) is 6.42 Å². The van der Waals surface area contributed by atoms with E-state index in [1.54, 1.807) is 6.07 Å². The second-order valence-corrected chi connectivity index (χ2v) is 8.17. The van der Waals surface area contributed by atoms with Gasteiger partial charge in [-0.2, -0.15) is 0 Å². The average molecular weight is 451 g/mol. The van der Waals surface area contributed by atoms with Gasteiger partial charge in [0.1, 0.15) is 11.4 Å². The molecule has 0 fully saturated rings. The third-order valence-electron chi connectivity index (χ3n) is 4.47. The zero-order valence-corrected chi connectivity index (χ0v) is 17.6. The van der Waals surface area contributed by atoms with E-state index in [1.807, 2.05) is 12.1 Å². The Morgan fingerprint density at radius 1 is 1.19 bits per heavy atom. The number of aromatic hydroxyl groups is 1. The van der Waals surface area contributed by atoms with Crippen molar-refractivity contribution in [1.82, 2.24) is 4.48 Å². The number of rotatable bonds is 3. The van der Waals surface area contributed by atoms with Gasteiger partial charge < -0.3 is 28.7 Å². The number of hydrogen-bond donors (Lipinski definition) is 3. The van der Waals surface area contributed by atoms with Gasteiger partial charge in [0.05, 0.1) is 42.5 Å². The first-order valence-electron chi connectivity index (χ1n) is 8.15. The number of hydrogen-bond acceptors (Lipinski definition) is 4. The second kappa shape index (κ2) is 7.46.